The van der Waals surface area contributed by atoms with E-state index in [1.54, 1.807) is 7.11 Å². The summed E-state index contributed by atoms with van der Waals surface area (Å²) >= 11 is 0. The van der Waals surface area contributed by atoms with Gasteiger partial charge in [0.2, 0.25) is 5.91 Å². The first-order valence-corrected chi connectivity index (χ1v) is 18.1. The number of methoxy groups -OCH3 is 1. The monoisotopic (exact) mass is 649 g/mol. The molecule has 3 saturated heterocycles. The minimum atomic E-state index is -0.409. The van der Waals surface area contributed by atoms with Crippen molar-refractivity contribution in [3.63, 3.8) is 0 Å². The zero-order chi connectivity index (χ0) is 32.9. The number of fused-ring (bicyclic) bond motifs is 6. The standard InChI is InChI=1S/C38H47N7O3/c1-37-21-38(14-15-38)22-44(37)32(46)9-7-5-4-6-8-16-43-29(18-23-10-13-31(37)41-34(23)43)35-40-27-17-24(19-30(48-3)33(27)42(35)2)36(47)45-25-11-12-28(45)26(39)20-25/h10,13,17-19,25-26,28H,4-9,11-12,14-16,20-22,39H2,1-3H3/t25-,26+,28+,37?/m0/s1. The molecule has 10 heteroatoms. The topological polar surface area (TPSA) is 112 Å². The summed E-state index contributed by atoms with van der Waals surface area (Å²) in [6, 6.07) is 10.7. The van der Waals surface area contributed by atoms with E-state index in [9.17, 15) is 9.59 Å². The number of imidazole rings is 1. The van der Waals surface area contributed by atoms with Gasteiger partial charge >= 0.3 is 0 Å². The van der Waals surface area contributed by atoms with Crippen molar-refractivity contribution in [1.29, 1.82) is 0 Å². The van der Waals surface area contributed by atoms with Gasteiger partial charge in [-0.3, -0.25) is 9.59 Å². The molecule has 1 saturated carbocycles. The fraction of sp³-hybridized carbons (Fsp3) is 0.579. The summed E-state index contributed by atoms with van der Waals surface area (Å²) in [6.07, 6.45) is 12.1. The molecule has 4 atom stereocenters. The first-order valence-electron chi connectivity index (χ1n) is 18.1. The van der Waals surface area contributed by atoms with Gasteiger partial charge in [-0.15, -0.1) is 0 Å². The molecular weight excluding hydrogens is 602 g/mol. The molecule has 48 heavy (non-hydrogen) atoms. The molecule has 4 aromatic rings. The third-order valence-electron chi connectivity index (χ3n) is 12.6. The summed E-state index contributed by atoms with van der Waals surface area (Å²) in [4.78, 5) is 42.3. The molecular formula is C38H47N7O3. The van der Waals surface area contributed by atoms with Crippen LogP contribution in [-0.2, 0) is 23.9 Å². The van der Waals surface area contributed by atoms with Crippen LogP contribution >= 0.6 is 0 Å². The van der Waals surface area contributed by atoms with Crippen molar-refractivity contribution in [2.45, 2.75) is 114 Å². The highest BCUT2D eigenvalue weighted by Gasteiger charge is 2.59. The minimum Gasteiger partial charge on any atom is -0.494 e. The summed E-state index contributed by atoms with van der Waals surface area (Å²) in [5, 5.41) is 1.07. The zero-order valence-corrected chi connectivity index (χ0v) is 28.5. The Labute approximate surface area is 281 Å². The van der Waals surface area contributed by atoms with Crippen molar-refractivity contribution < 1.29 is 14.3 Å². The predicted octanol–water partition coefficient (Wildman–Crippen LogP) is 5.88. The first-order chi connectivity index (χ1) is 23.2. The number of hydrogen-bond acceptors (Lipinski definition) is 6. The van der Waals surface area contributed by atoms with Crippen LogP contribution < -0.4 is 10.5 Å². The average molecular weight is 650 g/mol. The number of pyridine rings is 1. The van der Waals surface area contributed by atoms with Crippen molar-refractivity contribution >= 4 is 33.9 Å². The summed E-state index contributed by atoms with van der Waals surface area (Å²) in [7, 11) is 3.69. The third-order valence-corrected chi connectivity index (χ3v) is 12.6. The Kier molecular flexibility index (Phi) is 6.78. The Morgan fingerprint density at radius 1 is 1.04 bits per heavy atom. The maximum Gasteiger partial charge on any atom is 0.254 e. The molecule has 1 aromatic carbocycles. The smallest absolute Gasteiger partial charge is 0.254 e. The van der Waals surface area contributed by atoms with Crippen LogP contribution in [0.2, 0.25) is 0 Å². The molecule has 1 aliphatic carbocycles. The number of amides is 2. The molecule has 7 heterocycles. The maximum atomic E-state index is 13.9. The molecule has 10 nitrogen and oxygen atoms in total. The summed E-state index contributed by atoms with van der Waals surface area (Å²) < 4.78 is 10.3. The fourth-order valence-electron chi connectivity index (χ4n) is 9.86. The van der Waals surface area contributed by atoms with Gasteiger partial charge in [0, 0.05) is 55.6 Å². The molecule has 4 aliphatic heterocycles. The van der Waals surface area contributed by atoms with Crippen LogP contribution in [0.5, 0.6) is 5.75 Å². The Morgan fingerprint density at radius 2 is 1.85 bits per heavy atom. The molecule has 0 radical (unpaired) electrons. The lowest BCUT2D eigenvalue weighted by Gasteiger charge is -2.35. The lowest BCUT2D eigenvalue weighted by Crippen LogP contribution is -2.43. The highest BCUT2D eigenvalue weighted by Crippen LogP contribution is 2.60. The van der Waals surface area contributed by atoms with Gasteiger partial charge in [-0.25, -0.2) is 9.97 Å². The zero-order valence-electron chi connectivity index (χ0n) is 28.5. The van der Waals surface area contributed by atoms with Crippen molar-refractivity contribution in [2.24, 2.45) is 18.2 Å². The van der Waals surface area contributed by atoms with Crippen molar-refractivity contribution in [2.75, 3.05) is 13.7 Å². The van der Waals surface area contributed by atoms with Crippen molar-refractivity contribution in [1.82, 2.24) is 28.9 Å². The summed E-state index contributed by atoms with van der Waals surface area (Å²) in [5.74, 6) is 1.75. The van der Waals surface area contributed by atoms with E-state index < -0.39 is 5.54 Å². The number of nitrogens with two attached hydrogens (primary N) is 1. The third kappa shape index (κ3) is 4.47. The van der Waals surface area contributed by atoms with Crippen LogP contribution in [0.4, 0.5) is 0 Å². The number of ether oxygens (including phenoxy) is 1. The van der Waals surface area contributed by atoms with Crippen LogP contribution in [0.25, 0.3) is 33.6 Å². The van der Waals surface area contributed by atoms with E-state index in [1.807, 2.05) is 24.1 Å². The van der Waals surface area contributed by atoms with E-state index in [2.05, 4.69) is 39.2 Å². The highest BCUT2D eigenvalue weighted by molar-refractivity contribution is 6.00. The van der Waals surface area contributed by atoms with Crippen LogP contribution in [0.3, 0.4) is 0 Å². The predicted molar refractivity (Wildman–Crippen MR) is 185 cm³/mol. The first kappa shape index (κ1) is 30.2. The van der Waals surface area contributed by atoms with Crippen LogP contribution in [0.1, 0.15) is 100 Å². The molecule has 9 rings (SSSR count). The van der Waals surface area contributed by atoms with Gasteiger partial charge in [0.05, 0.1) is 29.6 Å². The Morgan fingerprint density at radius 3 is 2.60 bits per heavy atom. The summed E-state index contributed by atoms with van der Waals surface area (Å²) in [5.41, 5.74) is 11.4. The molecule has 4 bridgehead atoms. The normalized spacial score (nSPS) is 28.2. The number of nitrogens with zero attached hydrogens (tertiary/aromatic N) is 6. The Hall–Kier alpha value is -3.92. The fourth-order valence-corrected chi connectivity index (χ4v) is 9.86. The minimum absolute atomic E-state index is 0.0164. The van der Waals surface area contributed by atoms with Gasteiger partial charge in [0.1, 0.15) is 16.9 Å². The van der Waals surface area contributed by atoms with Gasteiger partial charge < -0.3 is 29.4 Å². The van der Waals surface area contributed by atoms with Gasteiger partial charge in [-0.05, 0) is 94.0 Å². The molecule has 4 fully saturated rings. The van der Waals surface area contributed by atoms with E-state index >= 15 is 0 Å². The van der Waals surface area contributed by atoms with Gasteiger partial charge in [0.15, 0.2) is 5.82 Å². The number of aryl methyl sites for hydroxylation is 2. The van der Waals surface area contributed by atoms with Crippen molar-refractivity contribution in [3.05, 3.63) is 41.6 Å². The van der Waals surface area contributed by atoms with E-state index in [0.29, 0.717) is 17.7 Å². The molecule has 2 amide bonds. The SMILES string of the molecule is COc1cc(C(=O)N2[C@H]3CC[C@@H]2[C@H](N)C3)cc2nc(-c3cc4ccc5nc4n3CCCCCCCC(=O)N3CC4(CC4)CC53C)n(C)c12. The lowest BCUT2D eigenvalue weighted by molar-refractivity contribution is -0.135. The van der Waals surface area contributed by atoms with E-state index in [4.69, 9.17) is 20.4 Å². The lowest BCUT2D eigenvalue weighted by atomic mass is 9.88. The molecule has 2 N–H and O–H groups in total. The average Bonchev–Trinajstić information content (AvgIpc) is 3.43. The van der Waals surface area contributed by atoms with Crippen LogP contribution in [0.15, 0.2) is 30.3 Å². The van der Waals surface area contributed by atoms with E-state index in [1.165, 1.54) is 12.8 Å². The summed E-state index contributed by atoms with van der Waals surface area (Å²) in [6.45, 7) is 3.93. The van der Waals surface area contributed by atoms with Gasteiger partial charge in [-0.1, -0.05) is 19.3 Å². The number of hydrogen-bond donors (Lipinski definition) is 1. The Bertz CT molecular complexity index is 1970. The van der Waals surface area contributed by atoms with E-state index in [0.717, 1.165) is 110 Å². The van der Waals surface area contributed by atoms with E-state index in [-0.39, 0.29) is 35.4 Å². The number of rotatable bonds is 3. The maximum absolute atomic E-state index is 13.9. The Balaban J connectivity index is 1.16. The number of carbonyl (C=O) groups is 2. The second kappa shape index (κ2) is 10.8. The van der Waals surface area contributed by atoms with Gasteiger partial charge in [-0.2, -0.15) is 0 Å². The second-order valence-electron chi connectivity index (χ2n) is 15.7. The molecule has 1 unspecified atom stereocenters. The van der Waals surface area contributed by atoms with Crippen LogP contribution in [0, 0.1) is 5.41 Å². The number of carbonyl (C=O) groups excluding carboxylic acids is 2. The van der Waals surface area contributed by atoms with Crippen LogP contribution in [-0.4, -0.2) is 72.5 Å². The molecule has 252 valence electrons. The molecule has 1 spiro atoms. The molecule has 3 aromatic heterocycles. The largest absolute Gasteiger partial charge is 0.494 e. The number of benzene rings is 1. The van der Waals surface area contributed by atoms with Gasteiger partial charge in [0.25, 0.3) is 5.91 Å². The second-order valence-corrected chi connectivity index (χ2v) is 15.7. The highest BCUT2D eigenvalue weighted by atomic mass is 16.5. The quantitative estimate of drug-likeness (QED) is 0.297. The number of aromatic nitrogens is 4. The van der Waals surface area contributed by atoms with Crippen molar-refractivity contribution in [3.8, 4) is 17.3 Å². The molecule has 5 aliphatic rings.